The third kappa shape index (κ3) is 2.05. The average molecular weight is 306 g/mol. The fourth-order valence-corrected chi connectivity index (χ4v) is 3.91. The molecule has 1 aromatic carbocycles. The summed E-state index contributed by atoms with van der Waals surface area (Å²) < 4.78 is 0. The van der Waals surface area contributed by atoms with Gasteiger partial charge in [-0.2, -0.15) is 5.10 Å². The molecular weight excluding hydrogens is 284 g/mol. The van der Waals surface area contributed by atoms with E-state index in [-0.39, 0.29) is 5.41 Å². The molecule has 1 aliphatic carbocycles. The van der Waals surface area contributed by atoms with Crippen LogP contribution in [0.5, 0.6) is 0 Å². The predicted octanol–water partition coefficient (Wildman–Crippen LogP) is 3.91. The number of para-hydroxylation sites is 1. The molecule has 23 heavy (non-hydrogen) atoms. The van der Waals surface area contributed by atoms with Crippen molar-refractivity contribution in [3.63, 3.8) is 0 Å². The minimum Gasteiger partial charge on any atom is -0.354 e. The molecule has 0 spiro atoms. The second-order valence-electron chi connectivity index (χ2n) is 7.25. The Balaban J connectivity index is 2.16. The zero-order valence-electron chi connectivity index (χ0n) is 13.9. The van der Waals surface area contributed by atoms with Gasteiger partial charge >= 0.3 is 0 Å². The molecule has 4 rings (SSSR count). The molecule has 0 unspecified atom stereocenters. The molecule has 4 heteroatoms. The second kappa shape index (κ2) is 4.82. The number of rotatable bonds is 1. The summed E-state index contributed by atoms with van der Waals surface area (Å²) in [6.45, 7) is 6.68. The van der Waals surface area contributed by atoms with Crippen molar-refractivity contribution in [3.05, 3.63) is 41.2 Å². The molecule has 0 aliphatic heterocycles. The first-order valence-electron chi connectivity index (χ1n) is 8.23. The van der Waals surface area contributed by atoms with Crippen molar-refractivity contribution in [1.82, 2.24) is 9.97 Å². The molecule has 3 N–H and O–H groups in total. The lowest BCUT2D eigenvalue weighted by Crippen LogP contribution is -2.29. The highest BCUT2D eigenvalue weighted by Crippen LogP contribution is 2.39. The van der Waals surface area contributed by atoms with Crippen molar-refractivity contribution in [1.29, 1.82) is 0 Å². The highest BCUT2D eigenvalue weighted by molar-refractivity contribution is 6.18. The number of pyridine rings is 1. The highest BCUT2D eigenvalue weighted by Gasteiger charge is 2.33. The van der Waals surface area contributed by atoms with Crippen LogP contribution in [0.15, 0.2) is 29.4 Å². The van der Waals surface area contributed by atoms with Crippen LogP contribution >= 0.6 is 0 Å². The molecular formula is C19H22N4. The number of H-pyrrole nitrogens is 1. The van der Waals surface area contributed by atoms with E-state index in [4.69, 9.17) is 10.8 Å². The van der Waals surface area contributed by atoms with Gasteiger partial charge in [-0.25, -0.2) is 0 Å². The van der Waals surface area contributed by atoms with Gasteiger partial charge in [0.2, 0.25) is 0 Å². The molecule has 0 saturated carbocycles. The summed E-state index contributed by atoms with van der Waals surface area (Å²) in [5.41, 5.74) is 6.80. The number of nitrogens with zero attached hydrogens (tertiary/aromatic N) is 2. The van der Waals surface area contributed by atoms with Crippen LogP contribution in [0.3, 0.4) is 0 Å². The van der Waals surface area contributed by atoms with Crippen LogP contribution in [0.2, 0.25) is 0 Å². The van der Waals surface area contributed by atoms with E-state index in [0.29, 0.717) is 0 Å². The van der Waals surface area contributed by atoms with Gasteiger partial charge < -0.3 is 10.8 Å². The number of hydrogen-bond acceptors (Lipinski definition) is 3. The molecule has 4 nitrogen and oxygen atoms in total. The number of aromatic nitrogens is 2. The summed E-state index contributed by atoms with van der Waals surface area (Å²) in [6.07, 6.45) is 2.76. The van der Waals surface area contributed by atoms with Gasteiger partial charge in [-0.15, -0.1) is 0 Å². The van der Waals surface area contributed by atoms with Gasteiger partial charge in [-0.3, -0.25) is 4.98 Å². The van der Waals surface area contributed by atoms with E-state index >= 15 is 0 Å². The normalized spacial score (nSPS) is 18.7. The number of aryl methyl sites for hydroxylation is 1. The molecule has 0 amide bonds. The van der Waals surface area contributed by atoms with E-state index in [1.165, 1.54) is 10.8 Å². The molecule has 1 aliphatic rings. The van der Waals surface area contributed by atoms with E-state index in [9.17, 15) is 0 Å². The number of hydrogen-bond donors (Lipinski definition) is 2. The minimum absolute atomic E-state index is 0.142. The van der Waals surface area contributed by atoms with Crippen LogP contribution in [0.1, 0.15) is 44.1 Å². The maximum absolute atomic E-state index is 5.74. The molecule has 0 saturated heterocycles. The average Bonchev–Trinajstić information content (AvgIpc) is 2.91. The van der Waals surface area contributed by atoms with Crippen LogP contribution in [-0.4, -0.2) is 15.7 Å². The second-order valence-corrected chi connectivity index (χ2v) is 7.25. The summed E-state index contributed by atoms with van der Waals surface area (Å²) in [7, 11) is 0. The van der Waals surface area contributed by atoms with Crippen LogP contribution in [0, 0.1) is 5.41 Å². The summed E-state index contributed by atoms with van der Waals surface area (Å²) in [5.74, 6) is 5.74. The van der Waals surface area contributed by atoms with Crippen LogP contribution in [0.4, 0.5) is 0 Å². The van der Waals surface area contributed by atoms with Crippen molar-refractivity contribution in [2.24, 2.45) is 16.4 Å². The molecule has 0 radical (unpaired) electrons. The van der Waals surface area contributed by atoms with E-state index < -0.39 is 0 Å². The van der Waals surface area contributed by atoms with Gasteiger partial charge in [0.25, 0.3) is 0 Å². The lowest BCUT2D eigenvalue weighted by molar-refractivity contribution is 0.367. The number of benzene rings is 1. The molecule has 2 aromatic heterocycles. The SMILES string of the molecule is CCc1nc2c(c3[nH]c4ccccc4c13)/C(=N/N)CC(C)(C)C2. The Labute approximate surface area is 135 Å². The van der Waals surface area contributed by atoms with Crippen molar-refractivity contribution in [2.75, 3.05) is 0 Å². The summed E-state index contributed by atoms with van der Waals surface area (Å²) >= 11 is 0. The number of nitrogens with two attached hydrogens (primary N) is 1. The van der Waals surface area contributed by atoms with Gasteiger partial charge in [-0.1, -0.05) is 39.0 Å². The Morgan fingerprint density at radius 2 is 2.04 bits per heavy atom. The van der Waals surface area contributed by atoms with E-state index in [0.717, 1.165) is 53.0 Å². The van der Waals surface area contributed by atoms with Gasteiger partial charge in [0.05, 0.1) is 22.6 Å². The summed E-state index contributed by atoms with van der Waals surface area (Å²) in [6, 6.07) is 8.42. The zero-order valence-corrected chi connectivity index (χ0v) is 13.9. The summed E-state index contributed by atoms with van der Waals surface area (Å²) in [5, 5.41) is 6.57. The van der Waals surface area contributed by atoms with Crippen molar-refractivity contribution >= 4 is 27.5 Å². The Morgan fingerprint density at radius 1 is 1.26 bits per heavy atom. The van der Waals surface area contributed by atoms with Crippen LogP contribution < -0.4 is 5.84 Å². The minimum atomic E-state index is 0.142. The lowest BCUT2D eigenvalue weighted by Gasteiger charge is -2.31. The maximum atomic E-state index is 5.74. The van der Waals surface area contributed by atoms with Crippen LogP contribution in [0.25, 0.3) is 21.8 Å². The summed E-state index contributed by atoms with van der Waals surface area (Å²) in [4.78, 5) is 8.62. The number of nitrogens with one attached hydrogen (secondary N) is 1. The third-order valence-electron chi connectivity index (χ3n) is 4.87. The molecule has 3 aromatic rings. The van der Waals surface area contributed by atoms with E-state index in [2.05, 4.69) is 55.1 Å². The lowest BCUT2D eigenvalue weighted by atomic mass is 9.74. The molecule has 0 fully saturated rings. The first-order valence-corrected chi connectivity index (χ1v) is 8.23. The fourth-order valence-electron chi connectivity index (χ4n) is 3.91. The van der Waals surface area contributed by atoms with Gasteiger partial charge in [0.15, 0.2) is 0 Å². The van der Waals surface area contributed by atoms with Crippen LogP contribution in [-0.2, 0) is 12.8 Å². The van der Waals surface area contributed by atoms with Gasteiger partial charge in [0, 0.05) is 21.9 Å². The molecule has 118 valence electrons. The first kappa shape index (κ1) is 14.2. The number of fused-ring (bicyclic) bond motifs is 5. The van der Waals surface area contributed by atoms with E-state index in [1.54, 1.807) is 0 Å². The molecule has 2 heterocycles. The standard InChI is InChI=1S/C19H22N4/c1-4-12-16-11-7-5-6-8-13(11)22-18(16)17-14(21-12)9-19(2,3)10-15(17)23-20/h5-8,22H,4,9-10,20H2,1-3H3/b23-15+. The number of aromatic amines is 1. The molecule has 0 bridgehead atoms. The number of hydrazone groups is 1. The van der Waals surface area contributed by atoms with Crippen molar-refractivity contribution < 1.29 is 0 Å². The van der Waals surface area contributed by atoms with Crippen molar-refractivity contribution in [3.8, 4) is 0 Å². The third-order valence-corrected chi connectivity index (χ3v) is 4.87. The van der Waals surface area contributed by atoms with Gasteiger partial charge in [0.1, 0.15) is 0 Å². The molecule has 0 atom stereocenters. The Hall–Kier alpha value is -2.36. The van der Waals surface area contributed by atoms with Gasteiger partial charge in [-0.05, 0) is 30.7 Å². The topological polar surface area (TPSA) is 67.1 Å². The monoisotopic (exact) mass is 306 g/mol. The van der Waals surface area contributed by atoms with E-state index in [1.807, 2.05) is 0 Å². The largest absolute Gasteiger partial charge is 0.354 e. The Morgan fingerprint density at radius 3 is 2.78 bits per heavy atom. The fraction of sp³-hybridized carbons (Fsp3) is 0.368. The Kier molecular flexibility index (Phi) is 2.98. The first-order chi connectivity index (χ1) is 11.0. The van der Waals surface area contributed by atoms with Crippen molar-refractivity contribution in [2.45, 2.75) is 40.0 Å². The predicted molar refractivity (Wildman–Crippen MR) is 95.8 cm³/mol. The smallest absolute Gasteiger partial charge is 0.0717 e. The quantitative estimate of drug-likeness (QED) is 0.528. The Bertz CT molecular complexity index is 947. The zero-order chi connectivity index (χ0) is 16.2. The maximum Gasteiger partial charge on any atom is 0.0717 e. The highest BCUT2D eigenvalue weighted by atomic mass is 15.1.